The number of halogens is 1. The third-order valence-electron chi connectivity index (χ3n) is 4.17. The molecule has 5 heteroatoms. The quantitative estimate of drug-likeness (QED) is 0.849. The van der Waals surface area contributed by atoms with E-state index >= 15 is 0 Å². The molecule has 1 aromatic carbocycles. The molecule has 4 nitrogen and oxygen atoms in total. The van der Waals surface area contributed by atoms with Crippen molar-refractivity contribution < 1.29 is 5.11 Å². The van der Waals surface area contributed by atoms with Crippen molar-refractivity contribution in [1.29, 1.82) is 0 Å². The largest absolute Gasteiger partial charge is 0.391 e. The predicted molar refractivity (Wildman–Crippen MR) is 91.9 cm³/mol. The van der Waals surface area contributed by atoms with Crippen LogP contribution >= 0.6 is 15.9 Å². The first kappa shape index (κ1) is 16.7. The number of nitrogens with one attached hydrogen (secondary N) is 1. The van der Waals surface area contributed by atoms with E-state index in [1.807, 2.05) is 7.05 Å². The molecule has 0 saturated carbocycles. The Morgan fingerprint density at radius 3 is 2.81 bits per heavy atom. The number of rotatable bonds is 5. The number of nitrogens with zero attached hydrogens (tertiary/aromatic N) is 2. The van der Waals surface area contributed by atoms with Crippen molar-refractivity contribution in [1.82, 2.24) is 10.2 Å². The fourth-order valence-corrected chi connectivity index (χ4v) is 3.45. The van der Waals surface area contributed by atoms with Crippen molar-refractivity contribution in [3.63, 3.8) is 0 Å². The van der Waals surface area contributed by atoms with Gasteiger partial charge in [-0.25, -0.2) is 0 Å². The molecule has 1 aromatic rings. The van der Waals surface area contributed by atoms with E-state index in [4.69, 9.17) is 0 Å². The molecule has 21 heavy (non-hydrogen) atoms. The number of anilines is 1. The average Bonchev–Trinajstić information content (AvgIpc) is 2.77. The zero-order valence-electron chi connectivity index (χ0n) is 13.3. The van der Waals surface area contributed by atoms with E-state index in [1.54, 1.807) is 0 Å². The van der Waals surface area contributed by atoms with Crippen LogP contribution in [0.15, 0.2) is 22.7 Å². The van der Waals surface area contributed by atoms with E-state index in [9.17, 15) is 5.11 Å². The lowest BCUT2D eigenvalue weighted by Crippen LogP contribution is -2.38. The van der Waals surface area contributed by atoms with Crippen LogP contribution in [0.4, 0.5) is 5.69 Å². The lowest BCUT2D eigenvalue weighted by atomic mass is 10.0. The minimum atomic E-state index is -0.240. The summed E-state index contributed by atoms with van der Waals surface area (Å²) < 4.78 is 1.09. The molecule has 0 aliphatic carbocycles. The molecule has 3 unspecified atom stereocenters. The summed E-state index contributed by atoms with van der Waals surface area (Å²) in [5.41, 5.74) is 2.49. The Balaban J connectivity index is 2.34. The van der Waals surface area contributed by atoms with Crippen molar-refractivity contribution in [2.24, 2.45) is 0 Å². The summed E-state index contributed by atoms with van der Waals surface area (Å²) in [4.78, 5) is 4.55. The molecule has 2 rings (SSSR count). The number of likely N-dealkylation sites (N-methyl/N-ethyl adjacent to an activating group) is 1. The van der Waals surface area contributed by atoms with Gasteiger partial charge in [-0.05, 0) is 58.3 Å². The first-order chi connectivity index (χ1) is 9.92. The molecule has 0 amide bonds. The molecule has 0 radical (unpaired) electrons. The molecule has 1 aliphatic heterocycles. The topological polar surface area (TPSA) is 38.7 Å². The Labute approximate surface area is 136 Å². The summed E-state index contributed by atoms with van der Waals surface area (Å²) in [6, 6.07) is 7.05. The normalized spacial score (nSPS) is 23.9. The highest BCUT2D eigenvalue weighted by molar-refractivity contribution is 9.10. The van der Waals surface area contributed by atoms with Crippen LogP contribution in [0.2, 0.25) is 0 Å². The van der Waals surface area contributed by atoms with Gasteiger partial charge in [0.05, 0.1) is 6.10 Å². The number of hydrogen-bond acceptors (Lipinski definition) is 4. The maximum atomic E-state index is 10.1. The van der Waals surface area contributed by atoms with Crippen molar-refractivity contribution in [3.8, 4) is 0 Å². The first-order valence-corrected chi connectivity index (χ1v) is 8.27. The molecule has 1 heterocycles. The SMILES string of the molecule is CNC(C)c1cc(Br)ccc1N1CC(O)CC1CN(C)C. The molecule has 1 saturated heterocycles. The van der Waals surface area contributed by atoms with Crippen LogP contribution < -0.4 is 10.2 Å². The molecule has 0 aromatic heterocycles. The molecule has 0 spiro atoms. The van der Waals surface area contributed by atoms with Gasteiger partial charge in [-0.3, -0.25) is 0 Å². The standard InChI is InChI=1S/C16H26BrN3O/c1-11(18-2)15-7-12(17)5-6-16(15)20-10-14(21)8-13(20)9-19(3)4/h5-7,11,13-14,18,21H,8-10H2,1-4H3. The average molecular weight is 356 g/mol. The lowest BCUT2D eigenvalue weighted by molar-refractivity contribution is 0.191. The van der Waals surface area contributed by atoms with Crippen LogP contribution in [0, 0.1) is 0 Å². The lowest BCUT2D eigenvalue weighted by Gasteiger charge is -2.31. The van der Waals surface area contributed by atoms with Gasteiger partial charge in [0.1, 0.15) is 0 Å². The van der Waals surface area contributed by atoms with Crippen LogP contribution in [-0.2, 0) is 0 Å². The molecule has 0 bridgehead atoms. The minimum Gasteiger partial charge on any atom is -0.391 e. The van der Waals surface area contributed by atoms with Crippen molar-refractivity contribution in [2.45, 2.75) is 31.5 Å². The third kappa shape index (κ3) is 3.97. The Morgan fingerprint density at radius 1 is 1.48 bits per heavy atom. The zero-order valence-corrected chi connectivity index (χ0v) is 14.9. The maximum absolute atomic E-state index is 10.1. The maximum Gasteiger partial charge on any atom is 0.0735 e. The molecule has 118 valence electrons. The van der Waals surface area contributed by atoms with Crippen molar-refractivity contribution in [3.05, 3.63) is 28.2 Å². The van der Waals surface area contributed by atoms with Gasteiger partial charge in [0.15, 0.2) is 0 Å². The van der Waals surface area contributed by atoms with Gasteiger partial charge in [0.25, 0.3) is 0 Å². The van der Waals surface area contributed by atoms with Gasteiger partial charge in [-0.15, -0.1) is 0 Å². The van der Waals surface area contributed by atoms with E-state index < -0.39 is 0 Å². The van der Waals surface area contributed by atoms with Crippen LogP contribution in [0.1, 0.15) is 24.9 Å². The Kier molecular flexibility index (Phi) is 5.66. The molecule has 2 N–H and O–H groups in total. The molecule has 3 atom stereocenters. The van der Waals surface area contributed by atoms with E-state index in [0.29, 0.717) is 12.6 Å². The van der Waals surface area contributed by atoms with Gasteiger partial charge in [0, 0.05) is 35.3 Å². The summed E-state index contributed by atoms with van der Waals surface area (Å²) in [6.45, 7) is 3.84. The Morgan fingerprint density at radius 2 is 2.19 bits per heavy atom. The van der Waals surface area contributed by atoms with Gasteiger partial charge in [0.2, 0.25) is 0 Å². The van der Waals surface area contributed by atoms with Gasteiger partial charge < -0.3 is 20.2 Å². The van der Waals surface area contributed by atoms with Crippen LogP contribution in [0.25, 0.3) is 0 Å². The minimum absolute atomic E-state index is 0.240. The highest BCUT2D eigenvalue weighted by atomic mass is 79.9. The van der Waals surface area contributed by atoms with E-state index in [-0.39, 0.29) is 12.1 Å². The second kappa shape index (κ2) is 7.09. The van der Waals surface area contributed by atoms with Crippen molar-refractivity contribution >= 4 is 21.6 Å². The molecule has 1 aliphatic rings. The number of aliphatic hydroxyl groups is 1. The smallest absolute Gasteiger partial charge is 0.0735 e. The monoisotopic (exact) mass is 355 g/mol. The fourth-order valence-electron chi connectivity index (χ4n) is 3.07. The summed E-state index contributed by atoms with van der Waals surface area (Å²) in [5.74, 6) is 0. The highest BCUT2D eigenvalue weighted by Gasteiger charge is 2.32. The fraction of sp³-hybridized carbons (Fsp3) is 0.625. The van der Waals surface area contributed by atoms with E-state index in [2.05, 4.69) is 70.3 Å². The van der Waals surface area contributed by atoms with Crippen LogP contribution in [0.3, 0.4) is 0 Å². The van der Waals surface area contributed by atoms with Crippen LogP contribution in [-0.4, -0.2) is 56.4 Å². The summed E-state index contributed by atoms with van der Waals surface area (Å²) in [6.07, 6.45) is 0.595. The second-order valence-corrected chi connectivity index (χ2v) is 7.09. The Hall–Kier alpha value is -0.620. The van der Waals surface area contributed by atoms with Gasteiger partial charge in [-0.2, -0.15) is 0 Å². The highest BCUT2D eigenvalue weighted by Crippen LogP contribution is 2.34. The van der Waals surface area contributed by atoms with Crippen LogP contribution in [0.5, 0.6) is 0 Å². The van der Waals surface area contributed by atoms with E-state index in [0.717, 1.165) is 17.4 Å². The molecular formula is C16H26BrN3O. The number of β-amino-alcohol motifs (C(OH)–C–C–N with tert-alkyl or cyclic N) is 1. The van der Waals surface area contributed by atoms with Crippen molar-refractivity contribution in [2.75, 3.05) is 39.1 Å². The predicted octanol–water partition coefficient (Wildman–Crippen LogP) is 2.23. The number of benzene rings is 1. The summed E-state index contributed by atoms with van der Waals surface area (Å²) in [5, 5.41) is 13.4. The van der Waals surface area contributed by atoms with Gasteiger partial charge >= 0.3 is 0 Å². The zero-order chi connectivity index (χ0) is 15.6. The van der Waals surface area contributed by atoms with Gasteiger partial charge in [-0.1, -0.05) is 15.9 Å². The summed E-state index contributed by atoms with van der Waals surface area (Å²) >= 11 is 3.57. The third-order valence-corrected chi connectivity index (χ3v) is 4.66. The Bertz CT molecular complexity index is 481. The first-order valence-electron chi connectivity index (χ1n) is 7.48. The second-order valence-electron chi connectivity index (χ2n) is 6.17. The number of hydrogen-bond donors (Lipinski definition) is 2. The van der Waals surface area contributed by atoms with E-state index in [1.165, 1.54) is 11.3 Å². The molecule has 1 fully saturated rings. The number of aliphatic hydroxyl groups excluding tert-OH is 1. The molecular weight excluding hydrogens is 330 g/mol. The summed E-state index contributed by atoms with van der Waals surface area (Å²) in [7, 11) is 6.15.